The Balaban J connectivity index is 1.73. The molecule has 1 aliphatic heterocycles. The standard InChI is InChI=1S/C28H36FN5O8/c1-28(2,3)42-24(36)12-11-19(27(39)40)31-25(37)20-16-23(34(32-20)18-8-5-4-6-9-18)41-17-22(35)33-15-7-10-21(33)26(38)30-14-13-29/h4-6,8-9,16,19,21H,7,10-15,17H2,1-3H3,(H,30,38)(H,31,37)(H,39,40)/t19-,21-/m0/s1. The maximum atomic E-state index is 13.0. The van der Waals surface area contributed by atoms with Crippen molar-refractivity contribution in [2.45, 2.75) is 64.1 Å². The first-order valence-corrected chi connectivity index (χ1v) is 13.6. The van der Waals surface area contributed by atoms with Crippen molar-refractivity contribution < 1.29 is 42.9 Å². The molecule has 0 bridgehead atoms. The second-order valence-corrected chi connectivity index (χ2v) is 10.6. The summed E-state index contributed by atoms with van der Waals surface area (Å²) in [7, 11) is 0. The summed E-state index contributed by atoms with van der Waals surface area (Å²) < 4.78 is 24.7. The van der Waals surface area contributed by atoms with Gasteiger partial charge in [0.1, 0.15) is 24.4 Å². The lowest BCUT2D eigenvalue weighted by atomic mass is 10.1. The molecule has 228 valence electrons. The molecule has 2 atom stereocenters. The Morgan fingerprint density at radius 1 is 1.17 bits per heavy atom. The SMILES string of the molecule is CC(C)(C)OC(=O)CC[C@H](NC(=O)c1cc(OCC(=O)N2CCC[C@H]2C(=O)NCCF)n(-c2ccccc2)n1)C(=O)O. The normalized spacial score (nSPS) is 15.5. The van der Waals surface area contributed by atoms with Crippen LogP contribution in [-0.2, 0) is 23.9 Å². The molecule has 3 amide bonds. The number of nitrogens with one attached hydrogen (secondary N) is 2. The predicted molar refractivity (Wildman–Crippen MR) is 147 cm³/mol. The summed E-state index contributed by atoms with van der Waals surface area (Å²) in [6.07, 6.45) is 0.606. The van der Waals surface area contributed by atoms with Crippen LogP contribution in [0.15, 0.2) is 36.4 Å². The number of carboxylic acid groups (broad SMARTS) is 1. The van der Waals surface area contributed by atoms with Gasteiger partial charge in [0.15, 0.2) is 12.3 Å². The van der Waals surface area contributed by atoms with Gasteiger partial charge in [-0.15, -0.1) is 0 Å². The number of nitrogens with zero attached hydrogens (tertiary/aromatic N) is 3. The highest BCUT2D eigenvalue weighted by atomic mass is 19.1. The molecule has 1 aliphatic rings. The third kappa shape index (κ3) is 9.01. The third-order valence-electron chi connectivity index (χ3n) is 6.18. The molecule has 0 radical (unpaired) electrons. The van der Waals surface area contributed by atoms with E-state index in [2.05, 4.69) is 15.7 Å². The first kappa shape index (κ1) is 32.0. The van der Waals surface area contributed by atoms with Crippen molar-refractivity contribution in [3.63, 3.8) is 0 Å². The van der Waals surface area contributed by atoms with Gasteiger partial charge in [-0.1, -0.05) is 18.2 Å². The van der Waals surface area contributed by atoms with Gasteiger partial charge in [0, 0.05) is 25.6 Å². The van der Waals surface area contributed by atoms with Crippen molar-refractivity contribution in [1.29, 1.82) is 0 Å². The Kier molecular flexibility index (Phi) is 11.0. The lowest BCUT2D eigenvalue weighted by Crippen LogP contribution is -2.47. The lowest BCUT2D eigenvalue weighted by Gasteiger charge is -2.23. The average molecular weight is 590 g/mol. The van der Waals surface area contributed by atoms with Crippen LogP contribution in [0, 0.1) is 0 Å². The number of likely N-dealkylation sites (tertiary alicyclic amines) is 1. The summed E-state index contributed by atoms with van der Waals surface area (Å²) in [5.74, 6) is -3.66. The van der Waals surface area contributed by atoms with Crippen LogP contribution in [-0.4, -0.2) is 93.5 Å². The number of halogens is 1. The number of ether oxygens (including phenoxy) is 2. The maximum absolute atomic E-state index is 13.0. The summed E-state index contributed by atoms with van der Waals surface area (Å²) >= 11 is 0. The summed E-state index contributed by atoms with van der Waals surface area (Å²) in [6, 6.07) is 7.74. The number of hydrogen-bond acceptors (Lipinski definition) is 8. The molecule has 1 aromatic heterocycles. The van der Waals surface area contributed by atoms with Gasteiger partial charge in [0.2, 0.25) is 11.8 Å². The minimum Gasteiger partial charge on any atom is -0.480 e. The van der Waals surface area contributed by atoms with E-state index in [-0.39, 0.29) is 31.0 Å². The zero-order valence-corrected chi connectivity index (χ0v) is 23.8. The molecule has 0 unspecified atom stereocenters. The highest BCUT2D eigenvalue weighted by molar-refractivity contribution is 5.95. The van der Waals surface area contributed by atoms with Crippen LogP contribution in [0.1, 0.15) is 56.9 Å². The molecule has 1 aromatic carbocycles. The number of carbonyl (C=O) groups excluding carboxylic acids is 4. The zero-order chi connectivity index (χ0) is 30.9. The van der Waals surface area contributed by atoms with E-state index in [1.54, 1.807) is 51.1 Å². The van der Waals surface area contributed by atoms with Crippen molar-refractivity contribution in [1.82, 2.24) is 25.3 Å². The number of carbonyl (C=O) groups is 5. The van der Waals surface area contributed by atoms with Crippen LogP contribution in [0.5, 0.6) is 5.88 Å². The largest absolute Gasteiger partial charge is 0.480 e. The second kappa shape index (κ2) is 14.4. The van der Waals surface area contributed by atoms with Gasteiger partial charge < -0.3 is 30.1 Å². The Labute approximate surface area is 242 Å². The Bertz CT molecular complexity index is 1280. The van der Waals surface area contributed by atoms with Crippen LogP contribution in [0.3, 0.4) is 0 Å². The molecule has 1 saturated heterocycles. The molecule has 2 heterocycles. The van der Waals surface area contributed by atoms with Gasteiger partial charge in [0.05, 0.1) is 5.69 Å². The molecule has 14 heteroatoms. The third-order valence-corrected chi connectivity index (χ3v) is 6.18. The van der Waals surface area contributed by atoms with Crippen LogP contribution >= 0.6 is 0 Å². The van der Waals surface area contributed by atoms with Crippen molar-refractivity contribution in [3.05, 3.63) is 42.1 Å². The van der Waals surface area contributed by atoms with E-state index in [4.69, 9.17) is 9.47 Å². The quantitative estimate of drug-likeness (QED) is 0.294. The monoisotopic (exact) mass is 589 g/mol. The highest BCUT2D eigenvalue weighted by Gasteiger charge is 2.34. The molecule has 0 spiro atoms. The van der Waals surface area contributed by atoms with Gasteiger partial charge in [-0.25, -0.2) is 13.9 Å². The van der Waals surface area contributed by atoms with E-state index in [0.717, 1.165) is 0 Å². The van der Waals surface area contributed by atoms with Crippen LogP contribution < -0.4 is 15.4 Å². The molecular weight excluding hydrogens is 553 g/mol. The van der Waals surface area contributed by atoms with E-state index < -0.39 is 60.6 Å². The summed E-state index contributed by atoms with van der Waals surface area (Å²) in [5, 5.41) is 18.7. The molecular formula is C28H36FN5O8. The molecule has 0 aliphatic carbocycles. The fraction of sp³-hybridized carbons (Fsp3) is 0.500. The van der Waals surface area contributed by atoms with Gasteiger partial charge in [-0.2, -0.15) is 5.10 Å². The van der Waals surface area contributed by atoms with Crippen molar-refractivity contribution in [2.75, 3.05) is 26.4 Å². The number of benzene rings is 1. The Hall–Kier alpha value is -4.49. The smallest absolute Gasteiger partial charge is 0.326 e. The first-order chi connectivity index (χ1) is 19.9. The van der Waals surface area contributed by atoms with Crippen LogP contribution in [0.25, 0.3) is 5.69 Å². The minimum atomic E-state index is -1.39. The summed E-state index contributed by atoms with van der Waals surface area (Å²) in [5.41, 5.74) is -0.420. The number of para-hydroxylation sites is 1. The summed E-state index contributed by atoms with van der Waals surface area (Å²) in [4.78, 5) is 63.5. The number of hydrogen-bond donors (Lipinski definition) is 3. The number of aliphatic carboxylic acids is 1. The fourth-order valence-corrected chi connectivity index (χ4v) is 4.32. The fourth-order valence-electron chi connectivity index (χ4n) is 4.32. The van der Waals surface area contributed by atoms with Gasteiger partial charge >= 0.3 is 11.9 Å². The molecule has 1 fully saturated rings. The van der Waals surface area contributed by atoms with E-state index in [1.165, 1.54) is 15.6 Å². The van der Waals surface area contributed by atoms with E-state index in [9.17, 15) is 33.5 Å². The maximum Gasteiger partial charge on any atom is 0.326 e. The van der Waals surface area contributed by atoms with Gasteiger partial charge in [0.25, 0.3) is 11.8 Å². The molecule has 13 nitrogen and oxygen atoms in total. The van der Waals surface area contributed by atoms with E-state index in [0.29, 0.717) is 25.1 Å². The molecule has 2 aromatic rings. The molecule has 3 rings (SSSR count). The topological polar surface area (TPSA) is 169 Å². The Morgan fingerprint density at radius 2 is 1.88 bits per heavy atom. The highest BCUT2D eigenvalue weighted by Crippen LogP contribution is 2.22. The number of amides is 3. The van der Waals surface area contributed by atoms with Crippen LogP contribution in [0.2, 0.25) is 0 Å². The van der Waals surface area contributed by atoms with Crippen molar-refractivity contribution in [2.24, 2.45) is 0 Å². The van der Waals surface area contributed by atoms with Gasteiger partial charge in [-0.3, -0.25) is 19.2 Å². The van der Waals surface area contributed by atoms with Crippen molar-refractivity contribution in [3.8, 4) is 11.6 Å². The minimum absolute atomic E-state index is 0.0259. The number of alkyl halides is 1. The molecule has 3 N–H and O–H groups in total. The number of rotatable bonds is 13. The van der Waals surface area contributed by atoms with E-state index >= 15 is 0 Å². The second-order valence-electron chi connectivity index (χ2n) is 10.6. The van der Waals surface area contributed by atoms with E-state index in [1.807, 2.05) is 0 Å². The lowest BCUT2D eigenvalue weighted by molar-refractivity contribution is -0.155. The predicted octanol–water partition coefficient (Wildman–Crippen LogP) is 1.63. The first-order valence-electron chi connectivity index (χ1n) is 13.6. The Morgan fingerprint density at radius 3 is 2.52 bits per heavy atom. The number of aromatic nitrogens is 2. The zero-order valence-electron chi connectivity index (χ0n) is 23.8. The van der Waals surface area contributed by atoms with Crippen molar-refractivity contribution >= 4 is 29.7 Å². The number of carboxylic acids is 1. The molecule has 0 saturated carbocycles. The van der Waals surface area contributed by atoms with Gasteiger partial charge in [-0.05, 0) is 52.2 Å². The summed E-state index contributed by atoms with van der Waals surface area (Å²) in [6.45, 7) is 4.07. The average Bonchev–Trinajstić information content (AvgIpc) is 3.60. The number of esters is 1. The van der Waals surface area contributed by atoms with Crippen LogP contribution in [0.4, 0.5) is 4.39 Å². The molecule has 42 heavy (non-hydrogen) atoms.